The van der Waals surface area contributed by atoms with Gasteiger partial charge in [-0.1, -0.05) is 0 Å². The van der Waals surface area contributed by atoms with Gasteiger partial charge in [-0.3, -0.25) is 4.79 Å². The molecular formula is C15H13BrO3S2. The number of thiophene rings is 2. The summed E-state index contributed by atoms with van der Waals surface area (Å²) >= 11 is 6.16. The van der Waals surface area contributed by atoms with Crippen LogP contribution in [-0.2, 0) is 17.6 Å². The Labute approximate surface area is 139 Å². The van der Waals surface area contributed by atoms with Crippen molar-refractivity contribution in [2.75, 3.05) is 6.61 Å². The summed E-state index contributed by atoms with van der Waals surface area (Å²) in [5.41, 5.74) is 1.27. The minimum absolute atomic E-state index is 0.166. The number of esters is 1. The van der Waals surface area contributed by atoms with E-state index in [1.54, 1.807) is 6.07 Å². The van der Waals surface area contributed by atoms with Crippen LogP contribution in [0.15, 0.2) is 22.0 Å². The van der Waals surface area contributed by atoms with Crippen molar-refractivity contribution >= 4 is 50.4 Å². The Morgan fingerprint density at radius 2 is 1.95 bits per heavy atom. The number of fused-ring (bicyclic) bond motifs is 1. The van der Waals surface area contributed by atoms with Gasteiger partial charge in [0.1, 0.15) is 4.88 Å². The second kappa shape index (κ2) is 6.42. The van der Waals surface area contributed by atoms with Crippen LogP contribution in [0.5, 0.6) is 0 Å². The maximum Gasteiger partial charge on any atom is 0.348 e. The molecule has 0 saturated carbocycles. The largest absolute Gasteiger partial charge is 0.453 e. The minimum Gasteiger partial charge on any atom is -0.453 e. The topological polar surface area (TPSA) is 43.4 Å². The molecule has 0 unspecified atom stereocenters. The van der Waals surface area contributed by atoms with E-state index >= 15 is 0 Å². The van der Waals surface area contributed by atoms with Gasteiger partial charge < -0.3 is 4.74 Å². The number of hydrogen-bond donors (Lipinski definition) is 0. The lowest BCUT2D eigenvalue weighted by Crippen LogP contribution is -2.12. The molecule has 2 heterocycles. The van der Waals surface area contributed by atoms with E-state index in [1.165, 1.54) is 46.0 Å². The molecule has 1 aliphatic carbocycles. The van der Waals surface area contributed by atoms with Crippen molar-refractivity contribution in [1.29, 1.82) is 0 Å². The zero-order valence-corrected chi connectivity index (χ0v) is 14.4. The van der Waals surface area contributed by atoms with Crippen molar-refractivity contribution < 1.29 is 14.3 Å². The molecule has 6 heteroatoms. The third kappa shape index (κ3) is 3.44. The van der Waals surface area contributed by atoms with Crippen molar-refractivity contribution in [2.24, 2.45) is 0 Å². The van der Waals surface area contributed by atoms with Gasteiger partial charge in [0.05, 0.1) is 8.66 Å². The Morgan fingerprint density at radius 3 is 2.67 bits per heavy atom. The number of carbonyl (C=O) groups is 2. The van der Waals surface area contributed by atoms with E-state index in [2.05, 4.69) is 15.9 Å². The Morgan fingerprint density at radius 1 is 1.14 bits per heavy atom. The summed E-state index contributed by atoms with van der Waals surface area (Å²) in [6.45, 7) is -0.200. The fourth-order valence-corrected chi connectivity index (χ4v) is 4.79. The summed E-state index contributed by atoms with van der Waals surface area (Å²) in [4.78, 5) is 26.4. The number of ether oxygens (including phenoxy) is 1. The summed E-state index contributed by atoms with van der Waals surface area (Å²) in [5, 5.41) is 0. The number of Topliss-reactive ketones (excluding diaryl/α,β-unsaturated/α-hetero) is 1. The van der Waals surface area contributed by atoms with Crippen LogP contribution in [-0.4, -0.2) is 18.4 Å². The molecule has 0 amide bonds. The summed E-state index contributed by atoms with van der Waals surface area (Å²) in [7, 11) is 0. The van der Waals surface area contributed by atoms with Gasteiger partial charge in [0.2, 0.25) is 5.78 Å². The van der Waals surface area contributed by atoms with Crippen LogP contribution >= 0.6 is 38.6 Å². The Bertz CT molecular complexity index is 663. The second-order valence-corrected chi connectivity index (χ2v) is 8.47. The Hall–Kier alpha value is -0.980. The molecule has 2 aromatic rings. The highest BCUT2D eigenvalue weighted by Crippen LogP contribution is 2.30. The lowest BCUT2D eigenvalue weighted by atomic mass is 9.99. The number of ketones is 1. The Balaban J connectivity index is 1.61. The summed E-state index contributed by atoms with van der Waals surface area (Å²) < 4.78 is 6.04. The van der Waals surface area contributed by atoms with Gasteiger partial charge in [-0.2, -0.15) is 0 Å². The summed E-state index contributed by atoms with van der Waals surface area (Å²) in [5.74, 6) is -0.557. The average molecular weight is 385 g/mol. The first-order chi connectivity index (χ1) is 10.1. The lowest BCUT2D eigenvalue weighted by Gasteiger charge is -2.08. The monoisotopic (exact) mass is 384 g/mol. The number of rotatable bonds is 4. The zero-order valence-electron chi connectivity index (χ0n) is 11.2. The number of carbonyl (C=O) groups excluding carboxylic acids is 2. The van der Waals surface area contributed by atoms with Gasteiger partial charge in [0, 0.05) is 4.88 Å². The quantitative estimate of drug-likeness (QED) is 0.575. The van der Waals surface area contributed by atoms with Gasteiger partial charge in [0.25, 0.3) is 0 Å². The first kappa shape index (κ1) is 14.9. The van der Waals surface area contributed by atoms with Crippen LogP contribution in [0.4, 0.5) is 0 Å². The SMILES string of the molecule is O=C(COC(=O)c1cc2c(s1)CCCC2)c1ccc(Br)s1. The normalized spacial score (nSPS) is 13.8. The molecule has 1 aliphatic rings. The molecule has 110 valence electrons. The van der Waals surface area contributed by atoms with E-state index in [0.717, 1.165) is 16.6 Å². The van der Waals surface area contributed by atoms with E-state index in [-0.39, 0.29) is 12.4 Å². The molecule has 0 radical (unpaired) electrons. The molecule has 2 aromatic heterocycles. The van der Waals surface area contributed by atoms with Crippen molar-refractivity contribution in [1.82, 2.24) is 0 Å². The number of halogens is 1. The van der Waals surface area contributed by atoms with Crippen LogP contribution in [0.2, 0.25) is 0 Å². The van der Waals surface area contributed by atoms with Crippen molar-refractivity contribution in [3.8, 4) is 0 Å². The number of hydrogen-bond acceptors (Lipinski definition) is 5. The molecule has 0 fully saturated rings. The predicted molar refractivity (Wildman–Crippen MR) is 87.6 cm³/mol. The van der Waals surface area contributed by atoms with E-state index in [4.69, 9.17) is 4.74 Å². The van der Waals surface area contributed by atoms with Gasteiger partial charge in [0.15, 0.2) is 6.61 Å². The van der Waals surface area contributed by atoms with Gasteiger partial charge in [-0.25, -0.2) is 4.79 Å². The van der Waals surface area contributed by atoms with Gasteiger partial charge in [-0.15, -0.1) is 22.7 Å². The molecule has 0 atom stereocenters. The third-order valence-corrected chi connectivity index (χ3v) is 6.26. The molecule has 0 aliphatic heterocycles. The highest BCUT2D eigenvalue weighted by Gasteiger charge is 2.19. The molecule has 3 rings (SSSR count). The van der Waals surface area contributed by atoms with E-state index in [0.29, 0.717) is 9.75 Å². The lowest BCUT2D eigenvalue weighted by molar-refractivity contribution is 0.0480. The molecule has 0 N–H and O–H groups in total. The van der Waals surface area contributed by atoms with Crippen LogP contribution in [0.3, 0.4) is 0 Å². The van der Waals surface area contributed by atoms with Crippen molar-refractivity contribution in [2.45, 2.75) is 25.7 Å². The van der Waals surface area contributed by atoms with Crippen molar-refractivity contribution in [3.05, 3.63) is 42.2 Å². The summed E-state index contributed by atoms with van der Waals surface area (Å²) in [6.07, 6.45) is 4.47. The fourth-order valence-electron chi connectivity index (χ4n) is 2.33. The van der Waals surface area contributed by atoms with E-state index in [1.807, 2.05) is 12.1 Å². The first-order valence-electron chi connectivity index (χ1n) is 6.71. The van der Waals surface area contributed by atoms with Crippen LogP contribution < -0.4 is 0 Å². The van der Waals surface area contributed by atoms with Gasteiger partial charge in [-0.05, 0) is 65.4 Å². The summed E-state index contributed by atoms with van der Waals surface area (Å²) in [6, 6.07) is 5.47. The molecule has 21 heavy (non-hydrogen) atoms. The Kier molecular flexibility index (Phi) is 4.57. The molecule has 0 bridgehead atoms. The zero-order chi connectivity index (χ0) is 14.8. The number of aryl methyl sites for hydroxylation is 2. The van der Waals surface area contributed by atoms with E-state index < -0.39 is 5.97 Å². The maximum atomic E-state index is 12.0. The van der Waals surface area contributed by atoms with Crippen LogP contribution in [0.25, 0.3) is 0 Å². The van der Waals surface area contributed by atoms with Crippen molar-refractivity contribution in [3.63, 3.8) is 0 Å². The van der Waals surface area contributed by atoms with E-state index in [9.17, 15) is 9.59 Å². The standard InChI is InChI=1S/C15H13BrO3S2/c16-14-6-5-12(21-14)10(17)8-19-15(18)13-7-9-3-1-2-4-11(9)20-13/h5-7H,1-4,8H2. The molecule has 0 aromatic carbocycles. The van der Waals surface area contributed by atoms with Gasteiger partial charge >= 0.3 is 5.97 Å². The third-order valence-electron chi connectivity index (χ3n) is 3.38. The maximum absolute atomic E-state index is 12.0. The molecule has 0 saturated heterocycles. The predicted octanol–water partition coefficient (Wildman–Crippen LogP) is 4.49. The average Bonchev–Trinajstić information content (AvgIpc) is 3.10. The van der Waals surface area contributed by atoms with Crippen LogP contribution in [0.1, 0.15) is 42.6 Å². The minimum atomic E-state index is -0.390. The molecule has 3 nitrogen and oxygen atoms in total. The first-order valence-corrected chi connectivity index (χ1v) is 9.13. The highest BCUT2D eigenvalue weighted by molar-refractivity contribution is 9.11. The molecule has 0 spiro atoms. The second-order valence-electron chi connectivity index (χ2n) is 4.87. The fraction of sp³-hybridized carbons (Fsp3) is 0.333. The highest BCUT2D eigenvalue weighted by atomic mass is 79.9. The van der Waals surface area contributed by atoms with Crippen LogP contribution in [0, 0.1) is 0 Å². The molecular weight excluding hydrogens is 372 g/mol. The smallest absolute Gasteiger partial charge is 0.348 e.